The van der Waals surface area contributed by atoms with E-state index in [0.717, 1.165) is 0 Å². The molecule has 0 saturated heterocycles. The molecule has 0 saturated carbocycles. The van der Waals surface area contributed by atoms with Crippen LogP contribution in [0.2, 0.25) is 5.02 Å². The molecule has 0 N–H and O–H groups in total. The van der Waals surface area contributed by atoms with Gasteiger partial charge in [-0.1, -0.05) is 35.9 Å². The summed E-state index contributed by atoms with van der Waals surface area (Å²) in [5.41, 5.74) is 0.960. The summed E-state index contributed by atoms with van der Waals surface area (Å²) in [5, 5.41) is 0.224. The summed E-state index contributed by atoms with van der Waals surface area (Å²) in [6.07, 6.45) is 2.58. The molecule has 0 aliphatic rings. The standard InChI is InChI=1S/C22H14ClFO3/c23-19-7-4-8-20(24)18(19)13-14-21(25)15-9-11-17(12-10-15)27-22(26)16-5-2-1-3-6-16/h1-14H/b14-13+. The maximum Gasteiger partial charge on any atom is 0.343 e. The highest BCUT2D eigenvalue weighted by molar-refractivity contribution is 6.32. The first-order valence-corrected chi connectivity index (χ1v) is 8.46. The number of hydrogen-bond acceptors (Lipinski definition) is 3. The van der Waals surface area contributed by atoms with Crippen molar-refractivity contribution >= 4 is 29.4 Å². The van der Waals surface area contributed by atoms with Crippen molar-refractivity contribution in [1.82, 2.24) is 0 Å². The number of rotatable bonds is 5. The Hall–Kier alpha value is -3.24. The quantitative estimate of drug-likeness (QED) is 0.250. The van der Waals surface area contributed by atoms with E-state index < -0.39 is 11.8 Å². The maximum atomic E-state index is 13.7. The number of ketones is 1. The van der Waals surface area contributed by atoms with Gasteiger partial charge in [0, 0.05) is 11.1 Å². The molecular formula is C22H14ClFO3. The molecule has 0 amide bonds. The van der Waals surface area contributed by atoms with E-state index in [-0.39, 0.29) is 16.4 Å². The van der Waals surface area contributed by atoms with Crippen molar-refractivity contribution in [3.05, 3.63) is 106 Å². The van der Waals surface area contributed by atoms with Crippen molar-refractivity contribution in [3.63, 3.8) is 0 Å². The molecule has 0 atom stereocenters. The summed E-state index contributed by atoms with van der Waals surface area (Å²) in [7, 11) is 0. The topological polar surface area (TPSA) is 43.4 Å². The van der Waals surface area contributed by atoms with Crippen LogP contribution < -0.4 is 4.74 Å². The molecule has 5 heteroatoms. The van der Waals surface area contributed by atoms with Crippen molar-refractivity contribution in [2.75, 3.05) is 0 Å². The van der Waals surface area contributed by atoms with Gasteiger partial charge in [-0.15, -0.1) is 0 Å². The predicted molar refractivity (Wildman–Crippen MR) is 103 cm³/mol. The molecule has 0 aliphatic heterocycles. The number of benzene rings is 3. The zero-order chi connectivity index (χ0) is 19.2. The zero-order valence-electron chi connectivity index (χ0n) is 14.1. The monoisotopic (exact) mass is 380 g/mol. The van der Waals surface area contributed by atoms with Gasteiger partial charge in [-0.3, -0.25) is 4.79 Å². The average Bonchev–Trinajstić information content (AvgIpc) is 2.68. The maximum absolute atomic E-state index is 13.7. The highest BCUT2D eigenvalue weighted by Gasteiger charge is 2.09. The summed E-state index contributed by atoms with van der Waals surface area (Å²) in [4.78, 5) is 24.2. The van der Waals surface area contributed by atoms with Crippen LogP contribution in [0.5, 0.6) is 5.75 Å². The number of hydrogen-bond donors (Lipinski definition) is 0. The van der Waals surface area contributed by atoms with E-state index >= 15 is 0 Å². The van der Waals surface area contributed by atoms with Crippen molar-refractivity contribution in [2.45, 2.75) is 0 Å². The van der Waals surface area contributed by atoms with Crippen LogP contribution in [0, 0.1) is 5.82 Å². The van der Waals surface area contributed by atoms with Crippen molar-refractivity contribution in [2.24, 2.45) is 0 Å². The van der Waals surface area contributed by atoms with Crippen molar-refractivity contribution in [3.8, 4) is 5.75 Å². The summed E-state index contributed by atoms with van der Waals surface area (Å²) < 4.78 is 19.0. The highest BCUT2D eigenvalue weighted by atomic mass is 35.5. The van der Waals surface area contributed by atoms with Gasteiger partial charge < -0.3 is 4.74 Å². The molecule has 134 valence electrons. The molecule has 27 heavy (non-hydrogen) atoms. The first-order valence-electron chi connectivity index (χ1n) is 8.08. The fourth-order valence-corrected chi connectivity index (χ4v) is 2.58. The minimum Gasteiger partial charge on any atom is -0.423 e. The summed E-state index contributed by atoms with van der Waals surface area (Å²) in [6, 6.07) is 19.0. The van der Waals surface area contributed by atoms with E-state index in [1.54, 1.807) is 36.4 Å². The molecule has 0 aliphatic carbocycles. The third-order valence-corrected chi connectivity index (χ3v) is 4.09. The van der Waals surface area contributed by atoms with Crippen LogP contribution in [-0.4, -0.2) is 11.8 Å². The Morgan fingerprint density at radius 1 is 0.852 bits per heavy atom. The number of halogens is 2. The SMILES string of the molecule is O=C(/C=C/c1c(F)cccc1Cl)c1ccc(OC(=O)c2ccccc2)cc1. The Morgan fingerprint density at radius 3 is 2.22 bits per heavy atom. The van der Waals surface area contributed by atoms with E-state index in [2.05, 4.69) is 0 Å². The van der Waals surface area contributed by atoms with Gasteiger partial charge in [-0.25, -0.2) is 9.18 Å². The van der Waals surface area contributed by atoms with Crippen molar-refractivity contribution in [1.29, 1.82) is 0 Å². The van der Waals surface area contributed by atoms with Crippen LogP contribution in [0.3, 0.4) is 0 Å². The Labute approximate surface area is 160 Å². The van der Waals surface area contributed by atoms with Crippen LogP contribution in [-0.2, 0) is 0 Å². The zero-order valence-corrected chi connectivity index (χ0v) is 14.8. The molecule has 3 aromatic carbocycles. The molecule has 0 aromatic heterocycles. The average molecular weight is 381 g/mol. The van der Waals surface area contributed by atoms with Crippen molar-refractivity contribution < 1.29 is 18.7 Å². The summed E-state index contributed by atoms with van der Waals surface area (Å²) in [6.45, 7) is 0. The first-order chi connectivity index (χ1) is 13.0. The number of allylic oxidation sites excluding steroid dienone is 1. The third kappa shape index (κ3) is 4.68. The van der Waals surface area contributed by atoms with Crippen LogP contribution in [0.25, 0.3) is 6.08 Å². The van der Waals surface area contributed by atoms with E-state index in [9.17, 15) is 14.0 Å². The molecule has 3 rings (SSSR count). The lowest BCUT2D eigenvalue weighted by Crippen LogP contribution is -2.08. The Morgan fingerprint density at radius 2 is 1.56 bits per heavy atom. The minimum absolute atomic E-state index is 0.154. The number of carbonyl (C=O) groups excluding carboxylic acids is 2. The lowest BCUT2D eigenvalue weighted by molar-refractivity contribution is 0.0734. The number of ether oxygens (including phenoxy) is 1. The molecule has 3 nitrogen and oxygen atoms in total. The van der Waals surface area contributed by atoms with E-state index in [1.165, 1.54) is 48.6 Å². The van der Waals surface area contributed by atoms with Gasteiger partial charge in [0.25, 0.3) is 0 Å². The second-order valence-electron chi connectivity index (χ2n) is 5.61. The second-order valence-corrected chi connectivity index (χ2v) is 6.02. The van der Waals surface area contributed by atoms with Gasteiger partial charge in [0.15, 0.2) is 5.78 Å². The van der Waals surface area contributed by atoms with Crippen LogP contribution >= 0.6 is 11.6 Å². The van der Waals surface area contributed by atoms with Gasteiger partial charge in [-0.05, 0) is 60.7 Å². The molecular weight excluding hydrogens is 367 g/mol. The van der Waals surface area contributed by atoms with E-state index in [1.807, 2.05) is 0 Å². The van der Waals surface area contributed by atoms with Gasteiger partial charge >= 0.3 is 5.97 Å². The number of esters is 1. The fourth-order valence-electron chi connectivity index (χ4n) is 2.35. The molecule has 0 heterocycles. The molecule has 3 aromatic rings. The molecule has 0 unspecified atom stereocenters. The van der Waals surface area contributed by atoms with Crippen LogP contribution in [0.4, 0.5) is 4.39 Å². The smallest absolute Gasteiger partial charge is 0.343 e. The molecule has 0 fully saturated rings. The normalized spacial score (nSPS) is 10.7. The Kier molecular flexibility index (Phi) is 5.79. The summed E-state index contributed by atoms with van der Waals surface area (Å²) in [5.74, 6) is -0.990. The molecule has 0 bridgehead atoms. The van der Waals surface area contributed by atoms with Gasteiger partial charge in [-0.2, -0.15) is 0 Å². The van der Waals surface area contributed by atoms with Gasteiger partial charge in [0.2, 0.25) is 0 Å². The van der Waals surface area contributed by atoms with E-state index in [0.29, 0.717) is 16.9 Å². The lowest BCUT2D eigenvalue weighted by atomic mass is 10.1. The minimum atomic E-state index is -0.505. The lowest BCUT2D eigenvalue weighted by Gasteiger charge is -2.05. The number of carbonyl (C=O) groups is 2. The second kappa shape index (κ2) is 8.43. The summed E-state index contributed by atoms with van der Waals surface area (Å²) >= 11 is 5.93. The predicted octanol–water partition coefficient (Wildman–Crippen LogP) is 5.59. The first kappa shape index (κ1) is 18.5. The highest BCUT2D eigenvalue weighted by Crippen LogP contribution is 2.21. The fraction of sp³-hybridized carbons (Fsp3) is 0. The molecule has 0 spiro atoms. The van der Waals surface area contributed by atoms with Gasteiger partial charge in [0.05, 0.1) is 10.6 Å². The Bertz CT molecular complexity index is 976. The molecule has 0 radical (unpaired) electrons. The third-order valence-electron chi connectivity index (χ3n) is 3.76. The van der Waals surface area contributed by atoms with E-state index in [4.69, 9.17) is 16.3 Å². The van der Waals surface area contributed by atoms with Crippen LogP contribution in [0.1, 0.15) is 26.3 Å². The Balaban J connectivity index is 1.69. The van der Waals surface area contributed by atoms with Crippen LogP contribution in [0.15, 0.2) is 78.9 Å². The van der Waals surface area contributed by atoms with Gasteiger partial charge in [0.1, 0.15) is 11.6 Å². The largest absolute Gasteiger partial charge is 0.423 e.